The van der Waals surface area contributed by atoms with Crippen molar-refractivity contribution < 1.29 is 4.79 Å². The van der Waals surface area contributed by atoms with Gasteiger partial charge >= 0.3 is 0 Å². The number of carbonyl (C=O) groups excluding carboxylic acids is 1. The lowest BCUT2D eigenvalue weighted by Crippen LogP contribution is -2.47. The fourth-order valence-corrected chi connectivity index (χ4v) is 1.94. The second kappa shape index (κ2) is 3.95. The van der Waals surface area contributed by atoms with Crippen LogP contribution in [0.1, 0.15) is 0 Å². The van der Waals surface area contributed by atoms with E-state index in [0.29, 0.717) is 0 Å². The van der Waals surface area contributed by atoms with Crippen molar-refractivity contribution in [1.29, 1.82) is 0 Å². The van der Waals surface area contributed by atoms with E-state index in [0.717, 1.165) is 6.29 Å². The van der Waals surface area contributed by atoms with Crippen LogP contribution in [0.25, 0.3) is 0 Å². The Kier molecular flexibility index (Phi) is 2.30. The van der Waals surface area contributed by atoms with Crippen molar-refractivity contribution in [2.75, 3.05) is 0 Å². The molecule has 0 bridgehead atoms. The standard InChI is InChI=1S/C11H10N6O/c18-7-11(15-4-1-12-8-15,16-5-2-13-9-16)17-6-3-14-10-17/h1-10H. The van der Waals surface area contributed by atoms with Crippen LogP contribution >= 0.6 is 0 Å². The van der Waals surface area contributed by atoms with E-state index in [9.17, 15) is 4.79 Å². The zero-order valence-electron chi connectivity index (χ0n) is 9.37. The average Bonchev–Trinajstić information content (AvgIpc) is 3.16. The Labute approximate surface area is 102 Å². The molecule has 0 aliphatic carbocycles. The minimum atomic E-state index is -1.11. The van der Waals surface area contributed by atoms with E-state index in [1.165, 1.54) is 0 Å². The van der Waals surface area contributed by atoms with Gasteiger partial charge in [-0.2, -0.15) is 0 Å². The van der Waals surface area contributed by atoms with Gasteiger partial charge in [-0.15, -0.1) is 0 Å². The number of nitrogens with zero attached hydrogens (tertiary/aromatic N) is 6. The largest absolute Gasteiger partial charge is 0.296 e. The third-order valence-corrected chi connectivity index (χ3v) is 2.81. The van der Waals surface area contributed by atoms with Gasteiger partial charge < -0.3 is 0 Å². The van der Waals surface area contributed by atoms with Crippen LogP contribution in [0.4, 0.5) is 0 Å². The van der Waals surface area contributed by atoms with Crippen molar-refractivity contribution in [2.24, 2.45) is 0 Å². The molecule has 0 aliphatic heterocycles. The van der Waals surface area contributed by atoms with Gasteiger partial charge in [0.05, 0.1) is 19.0 Å². The number of aromatic nitrogens is 6. The summed E-state index contributed by atoms with van der Waals surface area (Å²) in [5.41, 5.74) is 0. The molecule has 0 spiro atoms. The molecule has 0 saturated carbocycles. The van der Waals surface area contributed by atoms with Gasteiger partial charge in [0.1, 0.15) is 0 Å². The quantitative estimate of drug-likeness (QED) is 0.612. The first-order valence-electron chi connectivity index (χ1n) is 5.29. The van der Waals surface area contributed by atoms with Crippen LogP contribution in [-0.4, -0.2) is 34.9 Å². The summed E-state index contributed by atoms with van der Waals surface area (Å²) >= 11 is 0. The Morgan fingerprint density at radius 2 is 1.17 bits per heavy atom. The van der Waals surface area contributed by atoms with Crippen LogP contribution in [0.15, 0.2) is 56.2 Å². The van der Waals surface area contributed by atoms with Crippen LogP contribution in [0.5, 0.6) is 0 Å². The number of carbonyl (C=O) groups is 1. The molecule has 3 heterocycles. The van der Waals surface area contributed by atoms with Gasteiger partial charge in [0.15, 0.2) is 6.29 Å². The molecule has 3 aromatic rings. The smallest absolute Gasteiger partial charge is 0.264 e. The topological polar surface area (TPSA) is 70.5 Å². The highest BCUT2D eigenvalue weighted by molar-refractivity contribution is 5.62. The molecule has 3 aromatic heterocycles. The van der Waals surface area contributed by atoms with E-state index in [4.69, 9.17) is 0 Å². The summed E-state index contributed by atoms with van der Waals surface area (Å²) in [6.45, 7) is 0. The predicted molar refractivity (Wildman–Crippen MR) is 61.5 cm³/mol. The van der Waals surface area contributed by atoms with Crippen LogP contribution in [0.3, 0.4) is 0 Å². The molecule has 0 amide bonds. The fraction of sp³-hybridized carbons (Fsp3) is 0.0909. The van der Waals surface area contributed by atoms with Gasteiger partial charge in [-0.1, -0.05) is 0 Å². The van der Waals surface area contributed by atoms with Crippen molar-refractivity contribution in [3.63, 3.8) is 0 Å². The van der Waals surface area contributed by atoms with Crippen molar-refractivity contribution in [3.05, 3.63) is 56.2 Å². The summed E-state index contributed by atoms with van der Waals surface area (Å²) < 4.78 is 5.05. The number of aldehydes is 1. The van der Waals surface area contributed by atoms with E-state index < -0.39 is 5.79 Å². The molecule has 0 N–H and O–H groups in total. The van der Waals surface area contributed by atoms with Gasteiger partial charge in [-0.25, -0.2) is 15.0 Å². The van der Waals surface area contributed by atoms with Crippen LogP contribution in [0.2, 0.25) is 0 Å². The Morgan fingerprint density at radius 1 is 0.778 bits per heavy atom. The summed E-state index contributed by atoms with van der Waals surface area (Å²) in [5, 5.41) is 0. The first kappa shape index (κ1) is 10.5. The van der Waals surface area contributed by atoms with Gasteiger partial charge in [0.25, 0.3) is 5.79 Å². The highest BCUT2D eigenvalue weighted by Gasteiger charge is 2.35. The third-order valence-electron chi connectivity index (χ3n) is 2.81. The van der Waals surface area contributed by atoms with Crippen molar-refractivity contribution in [1.82, 2.24) is 28.7 Å². The van der Waals surface area contributed by atoms with Gasteiger partial charge in [-0.3, -0.25) is 18.5 Å². The fourth-order valence-electron chi connectivity index (χ4n) is 1.94. The number of hydrogen-bond acceptors (Lipinski definition) is 4. The summed E-state index contributed by atoms with van der Waals surface area (Å²) in [6.07, 6.45) is 15.6. The van der Waals surface area contributed by atoms with Crippen molar-refractivity contribution in [3.8, 4) is 0 Å². The molecular weight excluding hydrogens is 232 g/mol. The molecular formula is C11H10N6O. The normalized spacial score (nSPS) is 11.6. The first-order valence-corrected chi connectivity index (χ1v) is 5.29. The molecule has 0 fully saturated rings. The lowest BCUT2D eigenvalue weighted by Gasteiger charge is -2.31. The van der Waals surface area contributed by atoms with Crippen LogP contribution in [0, 0.1) is 0 Å². The summed E-state index contributed by atoms with van der Waals surface area (Å²) in [5.74, 6) is -1.11. The van der Waals surface area contributed by atoms with Gasteiger partial charge in [0.2, 0.25) is 0 Å². The Balaban J connectivity index is 2.29. The third kappa shape index (κ3) is 1.30. The second-order valence-electron chi connectivity index (χ2n) is 3.72. The molecule has 0 radical (unpaired) electrons. The molecule has 7 heteroatoms. The zero-order valence-corrected chi connectivity index (χ0v) is 9.37. The van der Waals surface area contributed by atoms with Crippen LogP contribution in [-0.2, 0) is 10.6 Å². The average molecular weight is 242 g/mol. The summed E-state index contributed by atoms with van der Waals surface area (Å²) in [7, 11) is 0. The minimum Gasteiger partial charge on any atom is -0.296 e. The first-order chi connectivity index (χ1) is 8.88. The van der Waals surface area contributed by atoms with E-state index >= 15 is 0 Å². The maximum Gasteiger partial charge on any atom is 0.264 e. The molecule has 0 saturated heterocycles. The Morgan fingerprint density at radius 3 is 1.39 bits per heavy atom. The molecule has 3 rings (SSSR count). The van der Waals surface area contributed by atoms with E-state index in [2.05, 4.69) is 15.0 Å². The lowest BCUT2D eigenvalue weighted by atomic mass is 10.3. The van der Waals surface area contributed by atoms with E-state index in [1.54, 1.807) is 69.9 Å². The number of rotatable bonds is 4. The SMILES string of the molecule is O=CC(n1ccnc1)(n1ccnc1)n1ccnc1. The van der Waals surface area contributed by atoms with Crippen molar-refractivity contribution >= 4 is 6.29 Å². The highest BCUT2D eigenvalue weighted by atomic mass is 16.1. The molecule has 0 atom stereocenters. The summed E-state index contributed by atoms with van der Waals surface area (Å²) in [6, 6.07) is 0. The number of imidazole rings is 3. The molecule has 90 valence electrons. The molecule has 0 aromatic carbocycles. The van der Waals surface area contributed by atoms with Crippen LogP contribution < -0.4 is 0 Å². The van der Waals surface area contributed by atoms with E-state index in [1.807, 2.05) is 0 Å². The number of hydrogen-bond donors (Lipinski definition) is 0. The molecule has 7 nitrogen and oxygen atoms in total. The van der Waals surface area contributed by atoms with Gasteiger partial charge in [-0.05, 0) is 0 Å². The van der Waals surface area contributed by atoms with Crippen molar-refractivity contribution in [2.45, 2.75) is 5.79 Å². The molecule has 18 heavy (non-hydrogen) atoms. The molecule has 0 unspecified atom stereocenters. The molecule has 0 aliphatic rings. The summed E-state index contributed by atoms with van der Waals surface area (Å²) in [4.78, 5) is 23.8. The predicted octanol–water partition coefficient (Wildman–Crippen LogP) is 0.182. The monoisotopic (exact) mass is 242 g/mol. The maximum absolute atomic E-state index is 11.8. The maximum atomic E-state index is 11.8. The highest BCUT2D eigenvalue weighted by Crippen LogP contribution is 2.19. The second-order valence-corrected chi connectivity index (χ2v) is 3.72. The Hall–Kier alpha value is -2.70. The van der Waals surface area contributed by atoms with E-state index in [-0.39, 0.29) is 0 Å². The minimum absolute atomic E-state index is 0.817. The van der Waals surface area contributed by atoms with Gasteiger partial charge in [0, 0.05) is 37.2 Å². The zero-order chi connectivity index (χ0) is 12.4. The Bertz CT molecular complexity index is 526. The lowest BCUT2D eigenvalue weighted by molar-refractivity contribution is -0.118.